The number of allylic oxidation sites excluding steroid dienone is 1. The molecule has 2 aliphatic heterocycles. The highest BCUT2D eigenvalue weighted by atomic mass is 32.2. The molecule has 0 unspecified atom stereocenters. The largest absolute Gasteiger partial charge is 0.480 e. The second-order valence-electron chi connectivity index (χ2n) is 9.56. The van der Waals surface area contributed by atoms with Crippen molar-refractivity contribution in [2.24, 2.45) is 0 Å². The zero-order chi connectivity index (χ0) is 26.1. The number of anilines is 1. The molecule has 0 bridgehead atoms. The van der Waals surface area contributed by atoms with E-state index < -0.39 is 12.0 Å². The second kappa shape index (κ2) is 10.8. The van der Waals surface area contributed by atoms with Gasteiger partial charge in [0.25, 0.3) is 0 Å². The average molecular weight is 546 g/mol. The molecule has 1 atom stereocenters. The summed E-state index contributed by atoms with van der Waals surface area (Å²) in [5.41, 5.74) is 4.31. The number of nitrogens with zero attached hydrogens (tertiary/aromatic N) is 3. The minimum absolute atomic E-state index is 0.0719. The van der Waals surface area contributed by atoms with Gasteiger partial charge in [0.15, 0.2) is 11.8 Å². The van der Waals surface area contributed by atoms with Crippen molar-refractivity contribution in [2.45, 2.75) is 31.4 Å². The van der Waals surface area contributed by atoms with Crippen LogP contribution in [0, 0.1) is 0 Å². The van der Waals surface area contributed by atoms with Gasteiger partial charge in [0.1, 0.15) is 9.69 Å². The van der Waals surface area contributed by atoms with Gasteiger partial charge in [-0.05, 0) is 54.2 Å². The van der Waals surface area contributed by atoms with E-state index in [1.165, 1.54) is 45.5 Å². The Balaban J connectivity index is 1.13. The Morgan fingerprint density at radius 2 is 1.82 bits per heavy atom. The number of aromatic nitrogens is 1. The van der Waals surface area contributed by atoms with Gasteiger partial charge < -0.3 is 10.0 Å². The molecule has 6 rings (SSSR count). The van der Waals surface area contributed by atoms with Crippen LogP contribution in [0.15, 0.2) is 60.7 Å². The Morgan fingerprint density at radius 1 is 1.05 bits per heavy atom. The van der Waals surface area contributed by atoms with Gasteiger partial charge in [-0.1, -0.05) is 42.5 Å². The van der Waals surface area contributed by atoms with Crippen LogP contribution < -0.4 is 14.1 Å². The molecule has 2 saturated heterocycles. The molecule has 0 amide bonds. The topological polar surface area (TPSA) is 83.0 Å². The van der Waals surface area contributed by atoms with Crippen LogP contribution in [0.2, 0.25) is 0 Å². The first kappa shape index (κ1) is 24.9. The van der Waals surface area contributed by atoms with Crippen molar-refractivity contribution >= 4 is 57.7 Å². The SMILES string of the molecule is O=C1C=Cc2n/c(=C3/SC[C@H](C(=O)O)N3OCc3ccc(N4CCC(c5ccccc5)CC4)cc3)sc2=C1. The first-order chi connectivity index (χ1) is 18.5. The number of aliphatic carboxylic acids is 1. The predicted octanol–water partition coefficient (Wildman–Crippen LogP) is 3.60. The summed E-state index contributed by atoms with van der Waals surface area (Å²) in [7, 11) is 0. The standard InChI is InChI=1S/C29H27N3O4S2/c33-23-10-11-24-26(16-23)38-27(30-24)28-32(25(18-37-28)29(34)35)36-17-19-6-8-22(9-7-19)31-14-12-21(13-15-31)20-4-2-1-3-5-20/h1-11,16,21,25H,12-15,17-18H2,(H,34,35)/b28-27-/t25-/m1/s1. The second-order valence-corrected chi connectivity index (χ2v) is 11.6. The molecule has 7 nitrogen and oxygen atoms in total. The first-order valence-corrected chi connectivity index (χ1v) is 14.5. The molecule has 3 heterocycles. The van der Waals surface area contributed by atoms with Gasteiger partial charge in [-0.25, -0.2) is 14.8 Å². The fourth-order valence-corrected chi connectivity index (χ4v) is 7.34. The summed E-state index contributed by atoms with van der Waals surface area (Å²) in [6.07, 6.45) is 7.02. The van der Waals surface area contributed by atoms with E-state index in [1.54, 1.807) is 12.2 Å². The Kier molecular flexibility index (Phi) is 7.06. The number of thioether (sulfide) groups is 1. The molecule has 38 heavy (non-hydrogen) atoms. The maximum atomic E-state index is 11.9. The highest BCUT2D eigenvalue weighted by Crippen LogP contribution is 2.34. The molecular formula is C29H27N3O4S2. The molecule has 194 valence electrons. The van der Waals surface area contributed by atoms with Crippen molar-refractivity contribution in [3.63, 3.8) is 0 Å². The van der Waals surface area contributed by atoms with Crippen LogP contribution in [-0.2, 0) is 21.0 Å². The zero-order valence-corrected chi connectivity index (χ0v) is 22.3. The first-order valence-electron chi connectivity index (χ1n) is 12.7. The molecule has 1 N–H and O–H groups in total. The number of hydrogen-bond donors (Lipinski definition) is 1. The number of piperidine rings is 1. The van der Waals surface area contributed by atoms with Crippen molar-refractivity contribution in [1.29, 1.82) is 0 Å². The molecule has 0 spiro atoms. The van der Waals surface area contributed by atoms with E-state index in [0.717, 1.165) is 41.7 Å². The molecule has 2 fully saturated rings. The summed E-state index contributed by atoms with van der Waals surface area (Å²) >= 11 is 2.79. The quantitative estimate of drug-likeness (QED) is 0.503. The molecule has 3 aromatic rings. The summed E-state index contributed by atoms with van der Waals surface area (Å²) in [5, 5.41) is 11.9. The van der Waals surface area contributed by atoms with Gasteiger partial charge in [0, 0.05) is 30.6 Å². The molecule has 2 aromatic carbocycles. The van der Waals surface area contributed by atoms with Crippen molar-refractivity contribution in [3.8, 4) is 0 Å². The number of carboxylic acids is 1. The maximum absolute atomic E-state index is 11.9. The van der Waals surface area contributed by atoms with Crippen LogP contribution in [0.25, 0.3) is 17.2 Å². The molecule has 9 heteroatoms. The van der Waals surface area contributed by atoms with E-state index in [9.17, 15) is 14.7 Å². The molecule has 3 aliphatic rings. The number of hydrogen-bond acceptors (Lipinski definition) is 8. The fraction of sp³-hybridized carbons (Fsp3) is 0.276. The van der Waals surface area contributed by atoms with Crippen LogP contribution in [0.4, 0.5) is 5.69 Å². The third-order valence-electron chi connectivity index (χ3n) is 7.13. The average Bonchev–Trinajstić information content (AvgIpc) is 3.56. The lowest BCUT2D eigenvalue weighted by Crippen LogP contribution is -2.37. The molecule has 0 radical (unpaired) electrons. The number of fused-ring (bicyclic) bond motifs is 1. The summed E-state index contributed by atoms with van der Waals surface area (Å²) in [6, 6.07) is 18.3. The predicted molar refractivity (Wildman–Crippen MR) is 151 cm³/mol. The zero-order valence-electron chi connectivity index (χ0n) is 20.7. The Labute approximate surface area is 228 Å². The van der Waals surface area contributed by atoms with E-state index in [1.807, 2.05) is 12.1 Å². The van der Waals surface area contributed by atoms with E-state index in [2.05, 4.69) is 52.3 Å². The lowest BCUT2D eigenvalue weighted by molar-refractivity contribution is -0.169. The summed E-state index contributed by atoms with van der Waals surface area (Å²) < 4.78 is 1.44. The Hall–Kier alpha value is -3.40. The normalized spacial score (nSPS) is 20.9. The lowest BCUT2D eigenvalue weighted by atomic mass is 9.89. The monoisotopic (exact) mass is 545 g/mol. The number of carbonyl (C=O) groups excluding carboxylic acids is 1. The van der Waals surface area contributed by atoms with Gasteiger partial charge in [0.2, 0.25) is 0 Å². The third-order valence-corrected chi connectivity index (χ3v) is 9.41. The number of carbonyl (C=O) groups is 2. The van der Waals surface area contributed by atoms with E-state index in [-0.39, 0.29) is 12.4 Å². The van der Waals surface area contributed by atoms with Crippen molar-refractivity contribution in [2.75, 3.05) is 23.7 Å². The van der Waals surface area contributed by atoms with Crippen LogP contribution >= 0.6 is 23.1 Å². The Bertz CT molecular complexity index is 1490. The highest BCUT2D eigenvalue weighted by molar-refractivity contribution is 8.08. The van der Waals surface area contributed by atoms with Crippen LogP contribution in [0.3, 0.4) is 0 Å². The van der Waals surface area contributed by atoms with Crippen molar-refractivity contribution in [1.82, 2.24) is 10.0 Å². The third kappa shape index (κ3) is 5.14. The fourth-order valence-electron chi connectivity index (χ4n) is 5.05. The summed E-state index contributed by atoms with van der Waals surface area (Å²) in [6.45, 7) is 2.30. The number of carboxylic acid groups (broad SMARTS) is 1. The van der Waals surface area contributed by atoms with Crippen molar-refractivity contribution in [3.05, 3.63) is 86.7 Å². The highest BCUT2D eigenvalue weighted by Gasteiger charge is 2.37. The lowest BCUT2D eigenvalue weighted by Gasteiger charge is -2.34. The van der Waals surface area contributed by atoms with E-state index in [0.29, 0.717) is 21.4 Å². The minimum Gasteiger partial charge on any atom is -0.480 e. The smallest absolute Gasteiger partial charge is 0.329 e. The van der Waals surface area contributed by atoms with Gasteiger partial charge in [-0.3, -0.25) is 9.63 Å². The maximum Gasteiger partial charge on any atom is 0.329 e. The van der Waals surface area contributed by atoms with Crippen LogP contribution in [-0.4, -0.2) is 51.8 Å². The van der Waals surface area contributed by atoms with Gasteiger partial charge in [0.05, 0.1) is 16.8 Å². The number of thiazole rings is 1. The number of benzene rings is 2. The number of rotatable bonds is 6. The van der Waals surface area contributed by atoms with Crippen molar-refractivity contribution < 1.29 is 19.5 Å². The van der Waals surface area contributed by atoms with Gasteiger partial charge in [-0.15, -0.1) is 23.1 Å². The summed E-state index contributed by atoms with van der Waals surface area (Å²) in [4.78, 5) is 36.8. The number of hydroxylamine groups is 2. The molecule has 1 aromatic heterocycles. The van der Waals surface area contributed by atoms with E-state index in [4.69, 9.17) is 4.84 Å². The Morgan fingerprint density at radius 3 is 2.55 bits per heavy atom. The van der Waals surface area contributed by atoms with Gasteiger partial charge in [-0.2, -0.15) is 0 Å². The minimum atomic E-state index is -0.940. The van der Waals surface area contributed by atoms with Crippen LogP contribution in [0.1, 0.15) is 35.6 Å². The molecular weight excluding hydrogens is 518 g/mol. The number of ketones is 1. The molecule has 1 aliphatic carbocycles. The van der Waals surface area contributed by atoms with Crippen LogP contribution in [0.5, 0.6) is 0 Å². The molecule has 0 saturated carbocycles. The van der Waals surface area contributed by atoms with E-state index >= 15 is 0 Å². The summed E-state index contributed by atoms with van der Waals surface area (Å²) in [5.74, 6) is -0.0310. The van der Waals surface area contributed by atoms with Gasteiger partial charge >= 0.3 is 5.97 Å².